The number of carboxylic acids is 1. The summed E-state index contributed by atoms with van der Waals surface area (Å²) in [6.07, 6.45) is 0.273. The first-order valence-corrected chi connectivity index (χ1v) is 7.14. The molecule has 0 radical (unpaired) electrons. The van der Waals surface area contributed by atoms with Crippen molar-refractivity contribution in [2.45, 2.75) is 25.0 Å². The number of methoxy groups -OCH3 is 1. The molecule has 1 aliphatic rings. The van der Waals surface area contributed by atoms with Gasteiger partial charge in [0.25, 0.3) is 5.91 Å². The van der Waals surface area contributed by atoms with Gasteiger partial charge in [0.05, 0.1) is 7.11 Å². The fourth-order valence-electron chi connectivity index (χ4n) is 2.40. The monoisotopic (exact) mass is 345 g/mol. The van der Waals surface area contributed by atoms with Crippen LogP contribution < -0.4 is 14.8 Å². The normalized spacial score (nSPS) is 16.5. The molecular formula is C15H17F2NO6. The molecule has 1 amide bonds. The van der Waals surface area contributed by atoms with E-state index in [0.717, 1.165) is 6.07 Å². The van der Waals surface area contributed by atoms with Crippen LogP contribution in [0.25, 0.3) is 0 Å². The van der Waals surface area contributed by atoms with Crippen LogP contribution in [0.1, 0.15) is 23.2 Å². The van der Waals surface area contributed by atoms with Crippen LogP contribution in [0.3, 0.4) is 0 Å². The number of alkyl halides is 2. The molecule has 0 aliphatic carbocycles. The van der Waals surface area contributed by atoms with Gasteiger partial charge in [-0.1, -0.05) is 0 Å². The van der Waals surface area contributed by atoms with Crippen molar-refractivity contribution in [1.82, 2.24) is 5.32 Å². The van der Waals surface area contributed by atoms with E-state index in [2.05, 4.69) is 10.1 Å². The summed E-state index contributed by atoms with van der Waals surface area (Å²) in [4.78, 5) is 23.9. The van der Waals surface area contributed by atoms with E-state index < -0.39 is 24.0 Å². The Balaban J connectivity index is 2.21. The second kappa shape index (κ2) is 7.43. The number of halogens is 2. The first-order chi connectivity index (χ1) is 11.4. The predicted octanol–water partition coefficient (Wildman–Crippen LogP) is 1.66. The Bertz CT molecular complexity index is 616. The minimum atomic E-state index is -3.03. The number of hydrogen-bond acceptors (Lipinski definition) is 5. The number of benzene rings is 1. The van der Waals surface area contributed by atoms with Crippen LogP contribution in [0, 0.1) is 0 Å². The lowest BCUT2D eigenvalue weighted by Crippen LogP contribution is -2.57. The largest absolute Gasteiger partial charge is 0.493 e. The van der Waals surface area contributed by atoms with Crippen molar-refractivity contribution in [3.05, 3.63) is 23.8 Å². The van der Waals surface area contributed by atoms with E-state index in [0.29, 0.717) is 0 Å². The fraction of sp³-hybridized carbons (Fsp3) is 0.467. The van der Waals surface area contributed by atoms with Crippen LogP contribution in [0.2, 0.25) is 0 Å². The number of amides is 1. The SMILES string of the molecule is COc1cc(C(=O)NC2(C(=O)O)CCOCC2)ccc1OC(F)F. The minimum Gasteiger partial charge on any atom is -0.493 e. The zero-order valence-corrected chi connectivity index (χ0v) is 12.9. The van der Waals surface area contributed by atoms with Crippen molar-refractivity contribution in [3.63, 3.8) is 0 Å². The lowest BCUT2D eigenvalue weighted by molar-refractivity contribution is -0.148. The summed E-state index contributed by atoms with van der Waals surface area (Å²) < 4.78 is 39.0. The number of nitrogens with one attached hydrogen (secondary N) is 1. The molecule has 9 heteroatoms. The van der Waals surface area contributed by atoms with Gasteiger partial charge in [0.2, 0.25) is 0 Å². The van der Waals surface area contributed by atoms with Gasteiger partial charge >= 0.3 is 12.6 Å². The molecule has 0 aromatic heterocycles. The van der Waals surface area contributed by atoms with E-state index in [-0.39, 0.29) is 43.1 Å². The molecule has 132 valence electrons. The maximum atomic E-state index is 12.4. The van der Waals surface area contributed by atoms with Crippen molar-refractivity contribution in [2.75, 3.05) is 20.3 Å². The Hall–Kier alpha value is -2.42. The Labute approximate surface area is 136 Å². The molecule has 1 aromatic rings. The molecule has 1 saturated heterocycles. The Morgan fingerprint density at radius 2 is 1.96 bits per heavy atom. The predicted molar refractivity (Wildman–Crippen MR) is 77.5 cm³/mol. The molecule has 1 aliphatic heterocycles. The maximum Gasteiger partial charge on any atom is 0.387 e. The summed E-state index contributed by atoms with van der Waals surface area (Å²) in [5.74, 6) is -2.08. The third kappa shape index (κ3) is 3.91. The van der Waals surface area contributed by atoms with Gasteiger partial charge in [-0.15, -0.1) is 0 Å². The van der Waals surface area contributed by atoms with Crippen LogP contribution in [0.5, 0.6) is 11.5 Å². The second-order valence-electron chi connectivity index (χ2n) is 5.20. The molecule has 2 rings (SSSR count). The number of carbonyl (C=O) groups is 2. The van der Waals surface area contributed by atoms with E-state index in [1.807, 2.05) is 0 Å². The van der Waals surface area contributed by atoms with E-state index >= 15 is 0 Å². The number of hydrogen-bond donors (Lipinski definition) is 2. The summed E-state index contributed by atoms with van der Waals surface area (Å²) in [6, 6.07) is 3.63. The lowest BCUT2D eigenvalue weighted by Gasteiger charge is -2.33. The zero-order valence-electron chi connectivity index (χ0n) is 12.9. The van der Waals surface area contributed by atoms with E-state index in [4.69, 9.17) is 9.47 Å². The zero-order chi connectivity index (χ0) is 17.7. The molecule has 0 saturated carbocycles. The van der Waals surface area contributed by atoms with Crippen molar-refractivity contribution in [2.24, 2.45) is 0 Å². The van der Waals surface area contributed by atoms with Gasteiger partial charge in [-0.3, -0.25) is 4.79 Å². The average Bonchev–Trinajstić information content (AvgIpc) is 2.55. The first kappa shape index (κ1) is 17.9. The van der Waals surface area contributed by atoms with Crippen LogP contribution in [-0.4, -0.2) is 49.5 Å². The smallest absolute Gasteiger partial charge is 0.387 e. The standard InChI is InChI=1S/C15H17F2NO6/c1-22-11-8-9(2-3-10(11)24-14(16)17)12(19)18-15(13(20)21)4-6-23-7-5-15/h2-3,8,14H,4-7H2,1H3,(H,18,19)(H,20,21). The molecule has 1 fully saturated rings. The van der Waals surface area contributed by atoms with Crippen molar-refractivity contribution in [3.8, 4) is 11.5 Å². The first-order valence-electron chi connectivity index (χ1n) is 7.14. The Morgan fingerprint density at radius 3 is 2.50 bits per heavy atom. The highest BCUT2D eigenvalue weighted by atomic mass is 19.3. The highest BCUT2D eigenvalue weighted by Crippen LogP contribution is 2.30. The molecule has 1 heterocycles. The van der Waals surface area contributed by atoms with Gasteiger partial charge in [0.1, 0.15) is 5.54 Å². The highest BCUT2D eigenvalue weighted by molar-refractivity contribution is 5.98. The van der Waals surface area contributed by atoms with Gasteiger partial charge in [-0.05, 0) is 18.2 Å². The summed E-state index contributed by atoms with van der Waals surface area (Å²) >= 11 is 0. The van der Waals surface area contributed by atoms with Crippen LogP contribution in [0.4, 0.5) is 8.78 Å². The fourth-order valence-corrected chi connectivity index (χ4v) is 2.40. The van der Waals surface area contributed by atoms with Crippen LogP contribution in [-0.2, 0) is 9.53 Å². The molecule has 0 unspecified atom stereocenters. The number of aliphatic carboxylic acids is 1. The van der Waals surface area contributed by atoms with Crippen molar-refractivity contribution >= 4 is 11.9 Å². The van der Waals surface area contributed by atoms with Gasteiger partial charge in [0, 0.05) is 31.6 Å². The van der Waals surface area contributed by atoms with E-state index in [1.54, 1.807) is 0 Å². The molecule has 0 bridgehead atoms. The van der Waals surface area contributed by atoms with Gasteiger partial charge in [0.15, 0.2) is 11.5 Å². The topological polar surface area (TPSA) is 94.1 Å². The molecule has 0 atom stereocenters. The van der Waals surface area contributed by atoms with Gasteiger partial charge < -0.3 is 24.6 Å². The number of carboxylic acid groups (broad SMARTS) is 1. The lowest BCUT2D eigenvalue weighted by atomic mass is 9.89. The number of carbonyl (C=O) groups excluding carboxylic acids is 1. The second-order valence-corrected chi connectivity index (χ2v) is 5.20. The van der Waals surface area contributed by atoms with Gasteiger partial charge in [-0.25, -0.2) is 4.79 Å². The molecule has 2 N–H and O–H groups in total. The third-order valence-corrected chi connectivity index (χ3v) is 3.75. The Morgan fingerprint density at radius 1 is 1.29 bits per heavy atom. The number of rotatable bonds is 6. The average molecular weight is 345 g/mol. The van der Waals surface area contributed by atoms with Crippen molar-refractivity contribution < 1.29 is 37.7 Å². The molecule has 0 spiro atoms. The van der Waals surface area contributed by atoms with Crippen LogP contribution in [0.15, 0.2) is 18.2 Å². The van der Waals surface area contributed by atoms with Crippen LogP contribution >= 0.6 is 0 Å². The summed E-state index contributed by atoms with van der Waals surface area (Å²) in [5, 5.41) is 11.9. The number of ether oxygens (including phenoxy) is 3. The molecule has 1 aromatic carbocycles. The van der Waals surface area contributed by atoms with Crippen molar-refractivity contribution in [1.29, 1.82) is 0 Å². The maximum absolute atomic E-state index is 12.4. The van der Waals surface area contributed by atoms with E-state index in [9.17, 15) is 23.5 Å². The minimum absolute atomic E-state index is 0.0562. The molecular weight excluding hydrogens is 328 g/mol. The highest BCUT2D eigenvalue weighted by Gasteiger charge is 2.41. The third-order valence-electron chi connectivity index (χ3n) is 3.75. The summed E-state index contributed by atoms with van der Waals surface area (Å²) in [5.41, 5.74) is -1.35. The van der Waals surface area contributed by atoms with Gasteiger partial charge in [-0.2, -0.15) is 8.78 Å². The Kier molecular flexibility index (Phi) is 5.55. The molecule has 7 nitrogen and oxygen atoms in total. The molecule has 24 heavy (non-hydrogen) atoms. The quantitative estimate of drug-likeness (QED) is 0.814. The van der Waals surface area contributed by atoms with E-state index in [1.165, 1.54) is 19.2 Å². The summed E-state index contributed by atoms with van der Waals surface area (Å²) in [6.45, 7) is -2.59. The summed E-state index contributed by atoms with van der Waals surface area (Å²) in [7, 11) is 1.24.